The second-order valence-electron chi connectivity index (χ2n) is 4.06. The fourth-order valence-electron chi connectivity index (χ4n) is 1.85. The largest absolute Gasteiger partial charge is 0.497 e. The standard InChI is InChI=1S/C13H12ClNO3/c1-8(6-14)7-15-11-4-3-9(18-2)5-10(11)12(16)13(15)17/h3-6H,7H2,1-2H3/b8-6+. The first-order valence-corrected chi connectivity index (χ1v) is 5.82. The van der Waals surface area contributed by atoms with Crippen molar-refractivity contribution in [3.05, 3.63) is 34.9 Å². The van der Waals surface area contributed by atoms with Gasteiger partial charge < -0.3 is 9.64 Å². The molecule has 1 amide bonds. The highest BCUT2D eigenvalue weighted by atomic mass is 35.5. The van der Waals surface area contributed by atoms with Crippen LogP contribution in [0.15, 0.2) is 29.3 Å². The van der Waals surface area contributed by atoms with Gasteiger partial charge in [-0.1, -0.05) is 11.6 Å². The molecule has 4 nitrogen and oxygen atoms in total. The molecule has 18 heavy (non-hydrogen) atoms. The van der Waals surface area contributed by atoms with E-state index in [1.165, 1.54) is 17.5 Å². The van der Waals surface area contributed by atoms with Crippen molar-refractivity contribution in [3.63, 3.8) is 0 Å². The maximum absolute atomic E-state index is 11.9. The van der Waals surface area contributed by atoms with Crippen LogP contribution in [0.5, 0.6) is 5.75 Å². The second-order valence-corrected chi connectivity index (χ2v) is 4.28. The molecule has 1 aliphatic heterocycles. The SMILES string of the molecule is COc1ccc2c(c1)C(=O)C(=O)N2C/C(C)=C/Cl. The number of hydrogen-bond donors (Lipinski definition) is 0. The van der Waals surface area contributed by atoms with Gasteiger partial charge in [-0.3, -0.25) is 9.59 Å². The minimum Gasteiger partial charge on any atom is -0.497 e. The average molecular weight is 266 g/mol. The van der Waals surface area contributed by atoms with Crippen LogP contribution in [-0.4, -0.2) is 25.3 Å². The van der Waals surface area contributed by atoms with Crippen LogP contribution in [0.4, 0.5) is 5.69 Å². The molecule has 0 saturated heterocycles. The van der Waals surface area contributed by atoms with E-state index in [1.54, 1.807) is 25.1 Å². The van der Waals surface area contributed by atoms with Gasteiger partial charge in [-0.2, -0.15) is 0 Å². The third-order valence-electron chi connectivity index (χ3n) is 2.77. The van der Waals surface area contributed by atoms with Gasteiger partial charge in [0.2, 0.25) is 0 Å². The summed E-state index contributed by atoms with van der Waals surface area (Å²) in [5, 5.41) is 0. The molecule has 5 heteroatoms. The highest BCUT2D eigenvalue weighted by Crippen LogP contribution is 2.32. The van der Waals surface area contributed by atoms with Crippen molar-refractivity contribution in [1.29, 1.82) is 0 Å². The van der Waals surface area contributed by atoms with Crippen molar-refractivity contribution in [2.24, 2.45) is 0 Å². The minimum atomic E-state index is -0.531. The van der Waals surface area contributed by atoms with Crippen LogP contribution >= 0.6 is 11.6 Å². The van der Waals surface area contributed by atoms with Gasteiger partial charge in [0.05, 0.1) is 18.4 Å². The number of anilines is 1. The van der Waals surface area contributed by atoms with E-state index in [-0.39, 0.29) is 0 Å². The lowest BCUT2D eigenvalue weighted by molar-refractivity contribution is -0.114. The number of nitrogens with zero attached hydrogens (tertiary/aromatic N) is 1. The van der Waals surface area contributed by atoms with Crippen molar-refractivity contribution < 1.29 is 14.3 Å². The molecule has 0 bridgehead atoms. The fraction of sp³-hybridized carbons (Fsp3) is 0.231. The van der Waals surface area contributed by atoms with E-state index in [9.17, 15) is 9.59 Å². The Morgan fingerprint density at radius 1 is 1.44 bits per heavy atom. The Balaban J connectivity index is 2.43. The molecule has 1 aromatic rings. The topological polar surface area (TPSA) is 46.6 Å². The van der Waals surface area contributed by atoms with Gasteiger partial charge in [-0.15, -0.1) is 0 Å². The number of fused-ring (bicyclic) bond motifs is 1. The molecule has 0 atom stereocenters. The zero-order valence-electron chi connectivity index (χ0n) is 10.1. The monoisotopic (exact) mass is 265 g/mol. The smallest absolute Gasteiger partial charge is 0.299 e. The summed E-state index contributed by atoms with van der Waals surface area (Å²) in [7, 11) is 1.52. The molecule has 2 rings (SSSR count). The van der Waals surface area contributed by atoms with Crippen molar-refractivity contribution in [3.8, 4) is 5.75 Å². The van der Waals surface area contributed by atoms with Crippen molar-refractivity contribution in [1.82, 2.24) is 0 Å². The summed E-state index contributed by atoms with van der Waals surface area (Å²) in [5.41, 5.74) is 3.19. The van der Waals surface area contributed by atoms with Gasteiger partial charge in [0.1, 0.15) is 5.75 Å². The lowest BCUT2D eigenvalue weighted by atomic mass is 10.1. The number of carbonyl (C=O) groups excluding carboxylic acids is 2. The Kier molecular flexibility index (Phi) is 3.39. The van der Waals surface area contributed by atoms with Crippen LogP contribution in [0.2, 0.25) is 0 Å². The fourth-order valence-corrected chi connectivity index (χ4v) is 1.92. The van der Waals surface area contributed by atoms with Crippen LogP contribution in [0, 0.1) is 0 Å². The first kappa shape index (κ1) is 12.6. The van der Waals surface area contributed by atoms with Crippen molar-refractivity contribution in [2.45, 2.75) is 6.92 Å². The molecule has 0 unspecified atom stereocenters. The lowest BCUT2D eigenvalue weighted by Crippen LogP contribution is -2.31. The predicted molar refractivity (Wildman–Crippen MR) is 69.3 cm³/mol. The van der Waals surface area contributed by atoms with Crippen LogP contribution in [0.1, 0.15) is 17.3 Å². The highest BCUT2D eigenvalue weighted by Gasteiger charge is 2.35. The maximum Gasteiger partial charge on any atom is 0.299 e. The Bertz CT molecular complexity index is 551. The average Bonchev–Trinajstić information content (AvgIpc) is 2.63. The molecule has 1 heterocycles. The Hall–Kier alpha value is -1.81. The summed E-state index contributed by atoms with van der Waals surface area (Å²) in [6, 6.07) is 5.01. The molecular formula is C13H12ClNO3. The Labute approximate surface area is 110 Å². The first-order valence-electron chi connectivity index (χ1n) is 5.38. The van der Waals surface area contributed by atoms with Gasteiger partial charge >= 0.3 is 0 Å². The summed E-state index contributed by atoms with van der Waals surface area (Å²) >= 11 is 5.58. The van der Waals surface area contributed by atoms with Crippen molar-refractivity contribution in [2.75, 3.05) is 18.6 Å². The van der Waals surface area contributed by atoms with E-state index in [2.05, 4.69) is 0 Å². The number of carbonyl (C=O) groups is 2. The molecular weight excluding hydrogens is 254 g/mol. The molecule has 0 aliphatic carbocycles. The summed E-state index contributed by atoms with van der Waals surface area (Å²) in [5.74, 6) is -0.483. The van der Waals surface area contributed by atoms with Crippen LogP contribution in [0.25, 0.3) is 0 Å². The summed E-state index contributed by atoms with van der Waals surface area (Å²) in [4.78, 5) is 25.1. The number of amides is 1. The number of benzene rings is 1. The van der Waals surface area contributed by atoms with Gasteiger partial charge in [-0.25, -0.2) is 0 Å². The van der Waals surface area contributed by atoms with E-state index in [0.717, 1.165) is 5.57 Å². The molecule has 0 aromatic heterocycles. The number of halogens is 1. The Morgan fingerprint density at radius 2 is 2.17 bits per heavy atom. The molecule has 0 fully saturated rings. The molecule has 0 saturated carbocycles. The third-order valence-corrected chi connectivity index (χ3v) is 3.14. The summed E-state index contributed by atoms with van der Waals surface area (Å²) in [6.45, 7) is 2.11. The zero-order valence-corrected chi connectivity index (χ0v) is 10.8. The van der Waals surface area contributed by atoms with E-state index in [4.69, 9.17) is 16.3 Å². The van der Waals surface area contributed by atoms with Crippen molar-refractivity contribution >= 4 is 29.0 Å². The van der Waals surface area contributed by atoms with Gasteiger partial charge in [0.25, 0.3) is 11.7 Å². The lowest BCUT2D eigenvalue weighted by Gasteiger charge is -2.16. The normalized spacial score (nSPS) is 15.1. The zero-order chi connectivity index (χ0) is 13.3. The quantitative estimate of drug-likeness (QED) is 0.788. The van der Waals surface area contributed by atoms with Gasteiger partial charge in [0, 0.05) is 12.1 Å². The van der Waals surface area contributed by atoms with E-state index in [0.29, 0.717) is 23.5 Å². The second kappa shape index (κ2) is 4.82. The van der Waals surface area contributed by atoms with E-state index >= 15 is 0 Å². The van der Waals surface area contributed by atoms with Crippen LogP contribution in [0.3, 0.4) is 0 Å². The number of hydrogen-bond acceptors (Lipinski definition) is 3. The predicted octanol–water partition coefficient (Wildman–Crippen LogP) is 2.37. The van der Waals surface area contributed by atoms with E-state index < -0.39 is 11.7 Å². The number of ketones is 1. The highest BCUT2D eigenvalue weighted by molar-refractivity contribution is 6.52. The van der Waals surface area contributed by atoms with Crippen LogP contribution in [-0.2, 0) is 4.79 Å². The minimum absolute atomic E-state index is 0.313. The number of rotatable bonds is 3. The van der Waals surface area contributed by atoms with Gasteiger partial charge in [0.15, 0.2) is 0 Å². The molecule has 1 aromatic carbocycles. The summed E-state index contributed by atoms with van der Waals surface area (Å²) < 4.78 is 5.05. The maximum atomic E-state index is 11.9. The Morgan fingerprint density at radius 3 is 2.78 bits per heavy atom. The number of methoxy groups -OCH3 is 1. The number of ether oxygens (including phenoxy) is 1. The first-order chi connectivity index (χ1) is 8.58. The number of Topliss-reactive ketones (excluding diaryl/α,β-unsaturated/α-hetero) is 1. The molecule has 0 N–H and O–H groups in total. The van der Waals surface area contributed by atoms with Gasteiger partial charge in [-0.05, 0) is 30.7 Å². The van der Waals surface area contributed by atoms with E-state index in [1.807, 2.05) is 0 Å². The summed E-state index contributed by atoms with van der Waals surface area (Å²) in [6.07, 6.45) is 0. The molecule has 94 valence electrons. The third kappa shape index (κ3) is 1.99. The molecule has 0 spiro atoms. The molecule has 1 aliphatic rings. The molecule has 0 radical (unpaired) electrons. The van der Waals surface area contributed by atoms with Crippen LogP contribution < -0.4 is 9.64 Å².